The van der Waals surface area contributed by atoms with E-state index in [9.17, 15) is 0 Å². The molecule has 0 amide bonds. The Morgan fingerprint density at radius 3 is 2.60 bits per heavy atom. The fraction of sp³-hybridized carbons (Fsp3) is 0.0714. The Hall–Kier alpha value is -1.72. The van der Waals surface area contributed by atoms with Crippen molar-refractivity contribution in [1.29, 1.82) is 5.41 Å². The van der Waals surface area contributed by atoms with Crippen molar-refractivity contribution in [2.24, 2.45) is 5.73 Å². The first-order valence-electron chi connectivity index (χ1n) is 5.66. The van der Waals surface area contributed by atoms with Gasteiger partial charge in [-0.1, -0.05) is 27.5 Å². The molecule has 2 aromatic carbocycles. The molecule has 3 N–H and O–H groups in total. The minimum absolute atomic E-state index is 0.0891. The number of halogens is 2. The standard InChI is InChI=1S/C14H12BrClN2O2/c1-19-9-3-4-10(14(17)18)12(7-9)20-13-6-8(15)2-5-11(13)16/h2-7H,1H3,(H3,17,18). The van der Waals surface area contributed by atoms with Gasteiger partial charge in [0.05, 0.1) is 17.7 Å². The average Bonchev–Trinajstić information content (AvgIpc) is 2.42. The maximum Gasteiger partial charge on any atom is 0.147 e. The Bertz CT molecular complexity index is 662. The van der Waals surface area contributed by atoms with Gasteiger partial charge in [-0.05, 0) is 30.3 Å². The zero-order valence-corrected chi connectivity index (χ0v) is 13.0. The molecule has 0 fully saturated rings. The molecule has 0 bridgehead atoms. The normalized spacial score (nSPS) is 10.2. The molecule has 0 saturated heterocycles. The van der Waals surface area contributed by atoms with E-state index in [-0.39, 0.29) is 5.84 Å². The number of hydrogen-bond acceptors (Lipinski definition) is 3. The first-order valence-corrected chi connectivity index (χ1v) is 6.83. The summed E-state index contributed by atoms with van der Waals surface area (Å²) in [6, 6.07) is 10.3. The van der Waals surface area contributed by atoms with Gasteiger partial charge in [-0.15, -0.1) is 0 Å². The minimum Gasteiger partial charge on any atom is -0.497 e. The summed E-state index contributed by atoms with van der Waals surface area (Å²) in [5, 5.41) is 8.04. The highest BCUT2D eigenvalue weighted by molar-refractivity contribution is 9.10. The van der Waals surface area contributed by atoms with E-state index in [2.05, 4.69) is 15.9 Å². The molecule has 0 aromatic heterocycles. The molecule has 20 heavy (non-hydrogen) atoms. The maximum absolute atomic E-state index is 7.58. The van der Waals surface area contributed by atoms with Crippen LogP contribution in [0.4, 0.5) is 0 Å². The van der Waals surface area contributed by atoms with Crippen molar-refractivity contribution in [3.63, 3.8) is 0 Å². The molecular formula is C14H12BrClN2O2. The number of rotatable bonds is 4. The molecule has 0 unspecified atom stereocenters. The quantitative estimate of drug-likeness (QED) is 0.638. The van der Waals surface area contributed by atoms with Gasteiger partial charge in [-0.2, -0.15) is 0 Å². The maximum atomic E-state index is 7.58. The Balaban J connectivity index is 2.45. The van der Waals surface area contributed by atoms with Crippen LogP contribution in [0.5, 0.6) is 17.2 Å². The summed E-state index contributed by atoms with van der Waals surface area (Å²) in [6.07, 6.45) is 0. The third-order valence-corrected chi connectivity index (χ3v) is 3.40. The van der Waals surface area contributed by atoms with Crippen molar-refractivity contribution in [2.75, 3.05) is 7.11 Å². The van der Waals surface area contributed by atoms with Crippen molar-refractivity contribution in [2.45, 2.75) is 0 Å². The fourth-order valence-corrected chi connectivity index (χ4v) is 2.11. The second-order valence-electron chi connectivity index (χ2n) is 3.95. The smallest absolute Gasteiger partial charge is 0.147 e. The van der Waals surface area contributed by atoms with Gasteiger partial charge in [0.1, 0.15) is 23.1 Å². The molecule has 2 rings (SSSR count). The van der Waals surface area contributed by atoms with Crippen LogP contribution in [0.3, 0.4) is 0 Å². The van der Waals surface area contributed by atoms with Gasteiger partial charge in [0, 0.05) is 10.5 Å². The van der Waals surface area contributed by atoms with Crippen LogP contribution in [-0.4, -0.2) is 12.9 Å². The summed E-state index contributed by atoms with van der Waals surface area (Å²) in [6.45, 7) is 0. The Morgan fingerprint density at radius 2 is 1.95 bits per heavy atom. The molecule has 0 aliphatic rings. The lowest BCUT2D eigenvalue weighted by molar-refractivity contribution is 0.409. The van der Waals surface area contributed by atoms with E-state index in [1.807, 2.05) is 6.07 Å². The molecule has 0 aliphatic heterocycles. The highest BCUT2D eigenvalue weighted by Gasteiger charge is 2.11. The third-order valence-electron chi connectivity index (χ3n) is 2.59. The van der Waals surface area contributed by atoms with E-state index in [0.29, 0.717) is 27.8 Å². The topological polar surface area (TPSA) is 68.3 Å². The second kappa shape index (κ2) is 6.15. The lowest BCUT2D eigenvalue weighted by Crippen LogP contribution is -2.12. The molecule has 0 spiro atoms. The molecule has 0 radical (unpaired) electrons. The van der Waals surface area contributed by atoms with Crippen molar-refractivity contribution < 1.29 is 9.47 Å². The molecule has 0 aliphatic carbocycles. The monoisotopic (exact) mass is 354 g/mol. The summed E-state index contributed by atoms with van der Waals surface area (Å²) in [5.41, 5.74) is 6.02. The van der Waals surface area contributed by atoms with Gasteiger partial charge >= 0.3 is 0 Å². The highest BCUT2D eigenvalue weighted by atomic mass is 79.9. The molecular weight excluding hydrogens is 344 g/mol. The lowest BCUT2D eigenvalue weighted by Gasteiger charge is -2.13. The Labute approximate surface area is 130 Å². The summed E-state index contributed by atoms with van der Waals surface area (Å²) in [7, 11) is 1.55. The van der Waals surface area contributed by atoms with Crippen LogP contribution >= 0.6 is 27.5 Å². The van der Waals surface area contributed by atoms with Gasteiger partial charge in [-0.25, -0.2) is 0 Å². The van der Waals surface area contributed by atoms with Crippen LogP contribution in [0.25, 0.3) is 0 Å². The number of methoxy groups -OCH3 is 1. The summed E-state index contributed by atoms with van der Waals surface area (Å²) in [4.78, 5) is 0. The number of nitrogen functional groups attached to an aromatic ring is 1. The van der Waals surface area contributed by atoms with E-state index < -0.39 is 0 Å². The van der Waals surface area contributed by atoms with E-state index in [0.717, 1.165) is 4.47 Å². The Morgan fingerprint density at radius 1 is 1.20 bits per heavy atom. The highest BCUT2D eigenvalue weighted by Crippen LogP contribution is 2.35. The van der Waals surface area contributed by atoms with Gasteiger partial charge in [0.15, 0.2) is 0 Å². The van der Waals surface area contributed by atoms with Gasteiger partial charge in [0.25, 0.3) is 0 Å². The van der Waals surface area contributed by atoms with E-state index in [1.54, 1.807) is 37.4 Å². The van der Waals surface area contributed by atoms with Crippen molar-refractivity contribution >= 4 is 33.4 Å². The second-order valence-corrected chi connectivity index (χ2v) is 5.28. The molecule has 6 heteroatoms. The summed E-state index contributed by atoms with van der Waals surface area (Å²) < 4.78 is 11.7. The van der Waals surface area contributed by atoms with E-state index >= 15 is 0 Å². The van der Waals surface area contributed by atoms with Gasteiger partial charge in [-0.3, -0.25) is 5.41 Å². The first-order chi connectivity index (χ1) is 9.51. The van der Waals surface area contributed by atoms with Crippen LogP contribution < -0.4 is 15.2 Å². The molecule has 0 atom stereocenters. The molecule has 4 nitrogen and oxygen atoms in total. The fourth-order valence-electron chi connectivity index (χ4n) is 1.61. The summed E-state index contributed by atoms with van der Waals surface area (Å²) in [5.74, 6) is 1.40. The number of amidine groups is 1. The zero-order valence-electron chi connectivity index (χ0n) is 10.6. The SMILES string of the molecule is COc1ccc(C(=N)N)c(Oc2cc(Br)ccc2Cl)c1. The number of nitrogens with one attached hydrogen (secondary N) is 1. The minimum atomic E-state index is -0.0891. The largest absolute Gasteiger partial charge is 0.497 e. The van der Waals surface area contributed by atoms with Gasteiger partial charge < -0.3 is 15.2 Å². The van der Waals surface area contributed by atoms with Crippen molar-refractivity contribution in [3.8, 4) is 17.2 Å². The van der Waals surface area contributed by atoms with Crippen LogP contribution in [0.2, 0.25) is 5.02 Å². The molecule has 104 valence electrons. The third kappa shape index (κ3) is 3.23. The predicted octanol–water partition coefficient (Wildman–Crippen LogP) is 4.19. The first kappa shape index (κ1) is 14.7. The molecule has 0 heterocycles. The lowest BCUT2D eigenvalue weighted by atomic mass is 10.1. The number of nitrogens with two attached hydrogens (primary N) is 1. The summed E-state index contributed by atoms with van der Waals surface area (Å²) >= 11 is 9.44. The van der Waals surface area contributed by atoms with Crippen LogP contribution in [0.15, 0.2) is 40.9 Å². The van der Waals surface area contributed by atoms with Crippen LogP contribution in [-0.2, 0) is 0 Å². The average molecular weight is 356 g/mol. The van der Waals surface area contributed by atoms with E-state index in [1.165, 1.54) is 0 Å². The van der Waals surface area contributed by atoms with Crippen LogP contribution in [0.1, 0.15) is 5.56 Å². The van der Waals surface area contributed by atoms with Crippen LogP contribution in [0, 0.1) is 5.41 Å². The van der Waals surface area contributed by atoms with Gasteiger partial charge in [0.2, 0.25) is 0 Å². The predicted molar refractivity (Wildman–Crippen MR) is 83.2 cm³/mol. The van der Waals surface area contributed by atoms with E-state index in [4.69, 9.17) is 32.2 Å². The zero-order chi connectivity index (χ0) is 14.7. The molecule has 2 aromatic rings. The Kier molecular flexibility index (Phi) is 4.52. The number of ether oxygens (including phenoxy) is 2. The number of hydrogen-bond donors (Lipinski definition) is 2. The number of benzene rings is 2. The van der Waals surface area contributed by atoms with Crippen molar-refractivity contribution in [3.05, 3.63) is 51.5 Å². The van der Waals surface area contributed by atoms with Crippen molar-refractivity contribution in [1.82, 2.24) is 0 Å². The molecule has 0 saturated carbocycles.